The Kier molecular flexibility index (Phi) is 8.48. The summed E-state index contributed by atoms with van der Waals surface area (Å²) in [7, 11) is 1.19. The normalized spacial score (nSPS) is 18.2. The first-order valence-corrected chi connectivity index (χ1v) is 5.69. The van der Waals surface area contributed by atoms with Crippen molar-refractivity contribution in [3.63, 3.8) is 0 Å². The second-order valence-corrected chi connectivity index (χ2v) is 3.85. The van der Waals surface area contributed by atoms with E-state index in [9.17, 15) is 20.1 Å². The maximum Gasteiger partial charge on any atom is 0.251 e. The Morgan fingerprint density at radius 2 is 2.00 bits per heavy atom. The lowest BCUT2D eigenvalue weighted by Crippen LogP contribution is -2.52. The summed E-state index contributed by atoms with van der Waals surface area (Å²) in [5.74, 6) is -0.402. The Morgan fingerprint density at radius 3 is 2.41 bits per heavy atom. The molecule has 8 heteroatoms. The summed E-state index contributed by atoms with van der Waals surface area (Å²) in [6.07, 6.45) is -6.03. The van der Waals surface area contributed by atoms with Gasteiger partial charge in [0.15, 0.2) is 6.10 Å². The fraction of sp³-hybridized carbons (Fsp3) is 0.889. The molecule has 0 bridgehead atoms. The molecule has 17 heavy (non-hydrogen) atoms. The molecule has 0 aliphatic carbocycles. The Hall–Kier alpha value is -0.380. The molecule has 0 radical (unpaired) electrons. The van der Waals surface area contributed by atoms with Crippen LogP contribution < -0.4 is 5.32 Å². The number of carbonyl (C=O) groups excluding carboxylic acids is 1. The van der Waals surface area contributed by atoms with Gasteiger partial charge < -0.3 is 30.5 Å². The zero-order chi connectivity index (χ0) is 13.4. The molecule has 0 rings (SSSR count). The molecule has 7 nitrogen and oxygen atoms in total. The molecule has 5 N–H and O–H groups in total. The molecule has 0 aromatic carbocycles. The predicted molar refractivity (Wildman–Crippen MR) is 62.8 cm³/mol. The van der Waals surface area contributed by atoms with Gasteiger partial charge in [0.25, 0.3) is 5.91 Å². The Morgan fingerprint density at radius 1 is 1.41 bits per heavy atom. The monoisotopic (exact) mass is 269 g/mol. The number of carbonyl (C=O) groups is 1. The molecule has 0 aliphatic rings. The summed E-state index contributed by atoms with van der Waals surface area (Å²) >= 11 is 3.87. The van der Waals surface area contributed by atoms with E-state index in [1.54, 1.807) is 0 Å². The molecule has 1 amide bonds. The predicted octanol–water partition coefficient (Wildman–Crippen LogP) is -2.88. The lowest BCUT2D eigenvalue weighted by atomic mass is 10.0. The first kappa shape index (κ1) is 16.6. The number of amides is 1. The molecule has 0 saturated carbocycles. The van der Waals surface area contributed by atoms with Gasteiger partial charge in [-0.15, -0.1) is 0 Å². The minimum Gasteiger partial charge on any atom is -0.394 e. The van der Waals surface area contributed by atoms with Crippen LogP contribution in [0.4, 0.5) is 0 Å². The number of hydrogen-bond donors (Lipinski definition) is 6. The summed E-state index contributed by atoms with van der Waals surface area (Å²) in [5, 5.41) is 39.5. The van der Waals surface area contributed by atoms with Crippen LogP contribution in [0.5, 0.6) is 0 Å². The molecule has 0 saturated heterocycles. The smallest absolute Gasteiger partial charge is 0.251 e. The van der Waals surface area contributed by atoms with Crippen LogP contribution in [0, 0.1) is 0 Å². The average molecular weight is 269 g/mol. The van der Waals surface area contributed by atoms with Gasteiger partial charge in [0.2, 0.25) is 0 Å². The molecule has 0 aliphatic heterocycles. The van der Waals surface area contributed by atoms with Crippen LogP contribution in [0.15, 0.2) is 0 Å². The Balaban J connectivity index is 4.43. The molecule has 0 heterocycles. The third kappa shape index (κ3) is 5.19. The molecule has 0 aromatic rings. The van der Waals surface area contributed by atoms with Crippen LogP contribution in [0.2, 0.25) is 0 Å². The highest BCUT2D eigenvalue weighted by Crippen LogP contribution is 2.08. The SMILES string of the molecule is CO[C@H](C(O)CO)[C@H](O)C(O)C(=O)NCCS. The van der Waals surface area contributed by atoms with Crippen molar-refractivity contribution >= 4 is 18.5 Å². The van der Waals surface area contributed by atoms with Crippen LogP contribution in [-0.4, -0.2) is 76.8 Å². The van der Waals surface area contributed by atoms with Crippen molar-refractivity contribution in [2.24, 2.45) is 0 Å². The van der Waals surface area contributed by atoms with Gasteiger partial charge in [0, 0.05) is 19.4 Å². The van der Waals surface area contributed by atoms with Gasteiger partial charge in [-0.3, -0.25) is 4.79 Å². The van der Waals surface area contributed by atoms with Gasteiger partial charge in [-0.05, 0) is 0 Å². The minimum atomic E-state index is -1.75. The minimum absolute atomic E-state index is 0.242. The van der Waals surface area contributed by atoms with Crippen LogP contribution in [0.3, 0.4) is 0 Å². The number of hydrogen-bond acceptors (Lipinski definition) is 7. The number of methoxy groups -OCH3 is 1. The summed E-state index contributed by atoms with van der Waals surface area (Å²) < 4.78 is 4.73. The van der Waals surface area contributed by atoms with Crippen molar-refractivity contribution in [3.8, 4) is 0 Å². The van der Waals surface area contributed by atoms with Gasteiger partial charge in [0.05, 0.1) is 6.61 Å². The second-order valence-electron chi connectivity index (χ2n) is 3.40. The summed E-state index contributed by atoms with van der Waals surface area (Å²) in [6.45, 7) is -0.410. The Bertz CT molecular complexity index is 230. The number of aliphatic hydroxyl groups excluding tert-OH is 4. The standard InChI is InChI=1S/C9H19NO6S/c1-16-8(5(12)4-11)6(13)7(14)9(15)10-2-3-17/h5-8,11-14,17H,2-4H2,1H3,(H,10,15)/t5?,6-,7?,8-/m1/s1. The molecule has 2 unspecified atom stereocenters. The van der Waals surface area contributed by atoms with E-state index in [2.05, 4.69) is 17.9 Å². The quantitative estimate of drug-likeness (QED) is 0.263. The lowest BCUT2D eigenvalue weighted by molar-refractivity contribution is -0.153. The first-order valence-electron chi connectivity index (χ1n) is 5.06. The third-order valence-electron chi connectivity index (χ3n) is 2.18. The van der Waals surface area contributed by atoms with Gasteiger partial charge in [0.1, 0.15) is 18.3 Å². The highest BCUT2D eigenvalue weighted by atomic mass is 32.1. The van der Waals surface area contributed by atoms with Crippen LogP contribution >= 0.6 is 12.6 Å². The average Bonchev–Trinajstić information content (AvgIpc) is 2.35. The van der Waals surface area contributed by atoms with E-state index in [4.69, 9.17) is 9.84 Å². The summed E-state index contributed by atoms with van der Waals surface area (Å²) in [4.78, 5) is 11.3. The third-order valence-corrected chi connectivity index (χ3v) is 2.40. The number of thiol groups is 1. The van der Waals surface area contributed by atoms with Crippen LogP contribution in [0.25, 0.3) is 0 Å². The molecular weight excluding hydrogens is 250 g/mol. The van der Waals surface area contributed by atoms with Gasteiger partial charge in [-0.25, -0.2) is 0 Å². The highest BCUT2D eigenvalue weighted by Gasteiger charge is 2.35. The number of rotatable bonds is 8. The van der Waals surface area contributed by atoms with E-state index in [0.29, 0.717) is 5.75 Å². The molecule has 0 fully saturated rings. The van der Waals surface area contributed by atoms with Crippen molar-refractivity contribution in [2.75, 3.05) is 26.0 Å². The van der Waals surface area contributed by atoms with Gasteiger partial charge in [-0.1, -0.05) is 0 Å². The number of nitrogens with one attached hydrogen (secondary N) is 1. The second kappa shape index (κ2) is 8.67. The van der Waals surface area contributed by atoms with Gasteiger partial charge in [-0.2, -0.15) is 12.6 Å². The summed E-state index contributed by atoms with van der Waals surface area (Å²) in [6, 6.07) is 0. The maximum atomic E-state index is 11.3. The van der Waals surface area contributed by atoms with Crippen molar-refractivity contribution < 1.29 is 30.0 Å². The molecular formula is C9H19NO6S. The molecule has 4 atom stereocenters. The lowest BCUT2D eigenvalue weighted by Gasteiger charge is -2.27. The molecule has 102 valence electrons. The molecule has 0 aromatic heterocycles. The van der Waals surface area contributed by atoms with E-state index >= 15 is 0 Å². The molecule has 0 spiro atoms. The first-order chi connectivity index (χ1) is 7.99. The zero-order valence-corrected chi connectivity index (χ0v) is 10.4. The number of ether oxygens (including phenoxy) is 1. The van der Waals surface area contributed by atoms with Crippen molar-refractivity contribution in [1.29, 1.82) is 0 Å². The van der Waals surface area contributed by atoms with E-state index in [1.165, 1.54) is 7.11 Å². The van der Waals surface area contributed by atoms with E-state index in [1.807, 2.05) is 0 Å². The fourth-order valence-electron chi connectivity index (χ4n) is 1.25. The van der Waals surface area contributed by atoms with Crippen molar-refractivity contribution in [1.82, 2.24) is 5.32 Å². The maximum absolute atomic E-state index is 11.3. The van der Waals surface area contributed by atoms with Crippen LogP contribution in [-0.2, 0) is 9.53 Å². The summed E-state index contributed by atoms with van der Waals surface area (Å²) in [5.41, 5.74) is 0. The van der Waals surface area contributed by atoms with Gasteiger partial charge >= 0.3 is 0 Å². The van der Waals surface area contributed by atoms with E-state index in [0.717, 1.165) is 0 Å². The van der Waals surface area contributed by atoms with E-state index < -0.39 is 36.9 Å². The van der Waals surface area contributed by atoms with Crippen molar-refractivity contribution in [2.45, 2.75) is 24.4 Å². The van der Waals surface area contributed by atoms with Crippen molar-refractivity contribution in [3.05, 3.63) is 0 Å². The number of aliphatic hydroxyl groups is 4. The largest absolute Gasteiger partial charge is 0.394 e. The van der Waals surface area contributed by atoms with E-state index in [-0.39, 0.29) is 6.54 Å². The topological polar surface area (TPSA) is 119 Å². The highest BCUT2D eigenvalue weighted by molar-refractivity contribution is 7.80. The fourth-order valence-corrected chi connectivity index (χ4v) is 1.36. The van der Waals surface area contributed by atoms with Crippen LogP contribution in [0.1, 0.15) is 0 Å². The zero-order valence-electron chi connectivity index (χ0n) is 9.48. The Labute approximate surface area is 105 Å².